The summed E-state index contributed by atoms with van der Waals surface area (Å²) in [5, 5.41) is 0. The summed E-state index contributed by atoms with van der Waals surface area (Å²) in [6.07, 6.45) is 3.43. The van der Waals surface area contributed by atoms with E-state index in [2.05, 4.69) is 0 Å². The zero-order valence-electron chi connectivity index (χ0n) is 16.5. The van der Waals surface area contributed by atoms with Crippen LogP contribution in [0.3, 0.4) is 0 Å². The van der Waals surface area contributed by atoms with E-state index in [-0.39, 0.29) is 19.6 Å². The van der Waals surface area contributed by atoms with Gasteiger partial charge in [-0.05, 0) is 37.1 Å². The molecule has 0 saturated heterocycles. The van der Waals surface area contributed by atoms with Crippen molar-refractivity contribution in [3.8, 4) is 5.75 Å². The molecule has 0 fully saturated rings. The van der Waals surface area contributed by atoms with Gasteiger partial charge in [-0.2, -0.15) is 0 Å². The van der Waals surface area contributed by atoms with Gasteiger partial charge in [0.05, 0.1) is 20.3 Å². The summed E-state index contributed by atoms with van der Waals surface area (Å²) < 4.78 is 15.8. The Labute approximate surface area is 165 Å². The van der Waals surface area contributed by atoms with Crippen molar-refractivity contribution in [3.05, 3.63) is 71.8 Å². The molecule has 0 spiro atoms. The highest BCUT2D eigenvalue weighted by molar-refractivity contribution is 6.03. The fourth-order valence-corrected chi connectivity index (χ4v) is 2.85. The van der Waals surface area contributed by atoms with Crippen LogP contribution in [0.1, 0.15) is 25.0 Å². The Kier molecular flexibility index (Phi) is 7.81. The Morgan fingerprint density at radius 3 is 2.14 bits per heavy atom. The van der Waals surface area contributed by atoms with Crippen LogP contribution < -0.4 is 4.74 Å². The second-order valence-corrected chi connectivity index (χ2v) is 6.18. The number of hydrogen-bond acceptors (Lipinski definition) is 5. The third-order valence-corrected chi connectivity index (χ3v) is 4.26. The molecule has 0 aromatic heterocycles. The van der Waals surface area contributed by atoms with Crippen LogP contribution in [-0.4, -0.2) is 32.3 Å². The van der Waals surface area contributed by atoms with E-state index < -0.39 is 17.4 Å². The monoisotopic (exact) mass is 382 g/mol. The van der Waals surface area contributed by atoms with Crippen LogP contribution in [0.5, 0.6) is 5.75 Å². The smallest absolute Gasteiger partial charge is 0.327 e. The predicted octanol–water partition coefficient (Wildman–Crippen LogP) is 4.06. The average Bonchev–Trinajstić information content (AvgIpc) is 2.72. The van der Waals surface area contributed by atoms with Gasteiger partial charge in [0.25, 0.3) is 0 Å². The van der Waals surface area contributed by atoms with E-state index >= 15 is 0 Å². The van der Waals surface area contributed by atoms with Crippen LogP contribution >= 0.6 is 0 Å². The Hall–Kier alpha value is -3.08. The van der Waals surface area contributed by atoms with Crippen molar-refractivity contribution in [1.82, 2.24) is 0 Å². The molecule has 5 nitrogen and oxygen atoms in total. The number of benzene rings is 2. The van der Waals surface area contributed by atoms with Gasteiger partial charge in [-0.15, -0.1) is 0 Å². The molecule has 0 radical (unpaired) electrons. The van der Waals surface area contributed by atoms with E-state index in [4.69, 9.17) is 14.2 Å². The Balaban J connectivity index is 2.52. The van der Waals surface area contributed by atoms with Crippen molar-refractivity contribution in [2.45, 2.75) is 20.3 Å². The SMILES string of the molecule is CCOC(=O)C(/C=C/c1ccccc1)(Cc1cccc(OC)c1)C(=O)OCC. The van der Waals surface area contributed by atoms with Gasteiger partial charge >= 0.3 is 11.9 Å². The summed E-state index contributed by atoms with van der Waals surface area (Å²) in [5.74, 6) is -0.627. The highest BCUT2D eigenvalue weighted by atomic mass is 16.6. The predicted molar refractivity (Wildman–Crippen MR) is 108 cm³/mol. The first-order valence-electron chi connectivity index (χ1n) is 9.27. The van der Waals surface area contributed by atoms with Crippen LogP contribution in [0, 0.1) is 5.41 Å². The van der Waals surface area contributed by atoms with E-state index in [0.717, 1.165) is 11.1 Å². The van der Waals surface area contributed by atoms with E-state index in [1.54, 1.807) is 45.2 Å². The van der Waals surface area contributed by atoms with Crippen molar-refractivity contribution >= 4 is 18.0 Å². The van der Waals surface area contributed by atoms with Gasteiger partial charge in [-0.1, -0.05) is 54.6 Å². The van der Waals surface area contributed by atoms with E-state index in [9.17, 15) is 9.59 Å². The highest BCUT2D eigenvalue weighted by Gasteiger charge is 2.47. The van der Waals surface area contributed by atoms with E-state index in [1.165, 1.54) is 0 Å². The molecule has 5 heteroatoms. The number of ether oxygens (including phenoxy) is 3. The Morgan fingerprint density at radius 2 is 1.57 bits per heavy atom. The van der Waals surface area contributed by atoms with Crippen molar-refractivity contribution in [3.63, 3.8) is 0 Å². The highest BCUT2D eigenvalue weighted by Crippen LogP contribution is 2.31. The summed E-state index contributed by atoms with van der Waals surface area (Å²) in [7, 11) is 1.57. The fourth-order valence-electron chi connectivity index (χ4n) is 2.85. The maximum Gasteiger partial charge on any atom is 0.327 e. The minimum Gasteiger partial charge on any atom is -0.497 e. The zero-order chi connectivity index (χ0) is 20.4. The lowest BCUT2D eigenvalue weighted by Gasteiger charge is -2.26. The Bertz CT molecular complexity index is 793. The number of hydrogen-bond donors (Lipinski definition) is 0. The Morgan fingerprint density at radius 1 is 0.929 bits per heavy atom. The number of methoxy groups -OCH3 is 1. The molecule has 148 valence electrons. The summed E-state index contributed by atoms with van der Waals surface area (Å²) in [4.78, 5) is 25.9. The molecule has 0 aliphatic heterocycles. The van der Waals surface area contributed by atoms with Crippen LogP contribution in [0.25, 0.3) is 6.08 Å². The molecule has 0 N–H and O–H groups in total. The molecule has 2 aromatic carbocycles. The normalized spacial score (nSPS) is 11.2. The van der Waals surface area contributed by atoms with Crippen LogP contribution in [-0.2, 0) is 25.5 Å². The first-order chi connectivity index (χ1) is 13.6. The first-order valence-corrected chi connectivity index (χ1v) is 9.27. The largest absolute Gasteiger partial charge is 0.497 e. The molecule has 0 unspecified atom stereocenters. The van der Waals surface area contributed by atoms with Gasteiger partial charge in [0.1, 0.15) is 5.75 Å². The zero-order valence-corrected chi connectivity index (χ0v) is 16.5. The third-order valence-electron chi connectivity index (χ3n) is 4.26. The second-order valence-electron chi connectivity index (χ2n) is 6.18. The molecule has 0 bridgehead atoms. The molecule has 28 heavy (non-hydrogen) atoms. The molecule has 0 saturated carbocycles. The van der Waals surface area contributed by atoms with Crippen molar-refractivity contribution in [2.75, 3.05) is 20.3 Å². The number of esters is 2. The van der Waals surface area contributed by atoms with Gasteiger partial charge in [0, 0.05) is 6.42 Å². The lowest BCUT2D eigenvalue weighted by atomic mass is 9.80. The second kappa shape index (κ2) is 10.3. The summed E-state index contributed by atoms with van der Waals surface area (Å²) >= 11 is 0. The molecule has 0 amide bonds. The van der Waals surface area contributed by atoms with E-state index in [0.29, 0.717) is 5.75 Å². The summed E-state index contributed by atoms with van der Waals surface area (Å²) in [6.45, 7) is 3.75. The van der Waals surface area contributed by atoms with Crippen LogP contribution in [0.4, 0.5) is 0 Å². The minimum absolute atomic E-state index is 0.102. The maximum atomic E-state index is 13.0. The lowest BCUT2D eigenvalue weighted by molar-refractivity contribution is -0.167. The number of rotatable bonds is 9. The molecule has 2 aromatic rings. The molecule has 0 aliphatic rings. The van der Waals surface area contributed by atoms with Gasteiger partial charge in [-0.3, -0.25) is 9.59 Å². The number of carbonyl (C=O) groups excluding carboxylic acids is 2. The third kappa shape index (κ3) is 5.22. The first kappa shape index (κ1) is 21.2. The standard InChI is InChI=1S/C23H26O5/c1-4-27-21(24)23(22(25)28-5-2,15-14-18-10-7-6-8-11-18)17-19-12-9-13-20(16-19)26-3/h6-16H,4-5,17H2,1-3H3/b15-14+. The summed E-state index contributed by atoms with van der Waals surface area (Å²) in [5.41, 5.74) is 0.0399. The fraction of sp³-hybridized carbons (Fsp3) is 0.304. The quantitative estimate of drug-likeness (QED) is 0.483. The van der Waals surface area contributed by atoms with Gasteiger partial charge in [0.2, 0.25) is 0 Å². The molecule has 0 heterocycles. The van der Waals surface area contributed by atoms with Crippen LogP contribution in [0.2, 0.25) is 0 Å². The summed E-state index contributed by atoms with van der Waals surface area (Å²) in [6, 6.07) is 16.7. The van der Waals surface area contributed by atoms with Crippen molar-refractivity contribution in [1.29, 1.82) is 0 Å². The van der Waals surface area contributed by atoms with Crippen LogP contribution in [0.15, 0.2) is 60.7 Å². The van der Waals surface area contributed by atoms with Gasteiger partial charge < -0.3 is 14.2 Å². The van der Waals surface area contributed by atoms with Crippen molar-refractivity contribution in [2.24, 2.45) is 5.41 Å². The topological polar surface area (TPSA) is 61.8 Å². The molecular weight excluding hydrogens is 356 g/mol. The molecular formula is C23H26O5. The van der Waals surface area contributed by atoms with E-state index in [1.807, 2.05) is 42.5 Å². The van der Waals surface area contributed by atoms with Gasteiger partial charge in [-0.25, -0.2) is 0 Å². The molecule has 0 aliphatic carbocycles. The molecule has 2 rings (SSSR count). The van der Waals surface area contributed by atoms with Gasteiger partial charge in [0.15, 0.2) is 5.41 Å². The minimum atomic E-state index is -1.59. The molecule has 0 atom stereocenters. The lowest BCUT2D eigenvalue weighted by Crippen LogP contribution is -2.42. The number of carbonyl (C=O) groups is 2. The maximum absolute atomic E-state index is 13.0. The average molecular weight is 382 g/mol. The van der Waals surface area contributed by atoms with Crippen molar-refractivity contribution < 1.29 is 23.8 Å².